The lowest BCUT2D eigenvalue weighted by atomic mass is 10.0. The summed E-state index contributed by atoms with van der Waals surface area (Å²) in [6, 6.07) is 7.61. The quantitative estimate of drug-likeness (QED) is 0.865. The fourth-order valence-corrected chi connectivity index (χ4v) is 2.31. The van der Waals surface area contributed by atoms with Crippen LogP contribution in [-0.2, 0) is 18.4 Å². The summed E-state index contributed by atoms with van der Waals surface area (Å²) >= 11 is 0. The van der Waals surface area contributed by atoms with E-state index in [-0.39, 0.29) is 11.8 Å². The molecule has 3 rings (SSSR count). The van der Waals surface area contributed by atoms with Gasteiger partial charge in [-0.2, -0.15) is 5.10 Å². The van der Waals surface area contributed by atoms with Crippen molar-refractivity contribution in [3.63, 3.8) is 0 Å². The Morgan fingerprint density at radius 1 is 1.55 bits per heavy atom. The molecule has 0 saturated carbocycles. The fourth-order valence-electron chi connectivity index (χ4n) is 2.31. The molecule has 20 heavy (non-hydrogen) atoms. The van der Waals surface area contributed by atoms with E-state index >= 15 is 0 Å². The molecule has 6 nitrogen and oxygen atoms in total. The number of aromatic nitrogens is 2. The normalized spacial score (nSPS) is 16.6. The van der Waals surface area contributed by atoms with Crippen molar-refractivity contribution in [2.45, 2.75) is 12.5 Å². The number of nitrogens with one attached hydrogen (secondary N) is 1. The molecule has 0 bridgehead atoms. The first kappa shape index (κ1) is 12.5. The van der Waals surface area contributed by atoms with Crippen molar-refractivity contribution in [3.8, 4) is 5.75 Å². The number of anilines is 1. The minimum absolute atomic E-state index is 0.0572. The Kier molecular flexibility index (Phi) is 3.06. The largest absolute Gasteiger partial charge is 0.492 e. The Morgan fingerprint density at radius 2 is 2.35 bits per heavy atom. The number of carbonyl (C=O) groups excluding carboxylic acids is 1. The molecule has 6 heteroatoms. The number of amides is 1. The average Bonchev–Trinajstić information content (AvgIpc) is 3.02. The zero-order valence-electron chi connectivity index (χ0n) is 11.2. The second-order valence-electron chi connectivity index (χ2n) is 4.80. The van der Waals surface area contributed by atoms with Crippen molar-refractivity contribution in [3.05, 3.63) is 41.6 Å². The highest BCUT2D eigenvalue weighted by Gasteiger charge is 2.29. The molecule has 1 amide bonds. The second kappa shape index (κ2) is 4.88. The van der Waals surface area contributed by atoms with E-state index in [1.165, 1.54) is 0 Å². The highest BCUT2D eigenvalue weighted by Crippen LogP contribution is 2.33. The summed E-state index contributed by atoms with van der Waals surface area (Å²) in [5.41, 5.74) is 7.59. The van der Waals surface area contributed by atoms with E-state index < -0.39 is 0 Å². The summed E-state index contributed by atoms with van der Waals surface area (Å²) in [5, 5.41) is 6.93. The summed E-state index contributed by atoms with van der Waals surface area (Å²) in [6.45, 7) is 0.755. The van der Waals surface area contributed by atoms with Crippen LogP contribution >= 0.6 is 0 Å². The van der Waals surface area contributed by atoms with E-state index in [1.54, 1.807) is 17.9 Å². The summed E-state index contributed by atoms with van der Waals surface area (Å²) < 4.78 is 7.09. The third-order valence-electron chi connectivity index (χ3n) is 3.53. The third kappa shape index (κ3) is 2.09. The van der Waals surface area contributed by atoms with Gasteiger partial charge in [0.2, 0.25) is 5.91 Å². The van der Waals surface area contributed by atoms with Crippen LogP contribution < -0.4 is 15.8 Å². The minimum atomic E-state index is -0.260. The van der Waals surface area contributed by atoms with Gasteiger partial charge < -0.3 is 15.8 Å². The molecule has 1 aliphatic heterocycles. The fraction of sp³-hybridized carbons (Fsp3) is 0.286. The summed E-state index contributed by atoms with van der Waals surface area (Å²) in [5.74, 6) is 1.03. The molecule has 1 unspecified atom stereocenters. The van der Waals surface area contributed by atoms with Gasteiger partial charge in [0.1, 0.15) is 24.1 Å². The SMILES string of the molecule is Cn1ncc(CNC(=O)C2COc3ccccc32)c1N. The van der Waals surface area contributed by atoms with Gasteiger partial charge in [-0.15, -0.1) is 0 Å². The van der Waals surface area contributed by atoms with E-state index in [9.17, 15) is 4.79 Å². The van der Waals surface area contributed by atoms with Gasteiger partial charge in [0.05, 0.1) is 6.20 Å². The van der Waals surface area contributed by atoms with Gasteiger partial charge in [0, 0.05) is 24.7 Å². The van der Waals surface area contributed by atoms with Gasteiger partial charge in [-0.05, 0) is 6.07 Å². The summed E-state index contributed by atoms with van der Waals surface area (Å²) in [4.78, 5) is 12.2. The minimum Gasteiger partial charge on any atom is -0.492 e. The number of hydrogen-bond acceptors (Lipinski definition) is 4. The summed E-state index contributed by atoms with van der Waals surface area (Å²) in [6.07, 6.45) is 1.66. The standard InChI is InChI=1S/C14H16N4O2/c1-18-13(15)9(7-17-18)6-16-14(19)11-8-20-12-5-3-2-4-10(11)12/h2-5,7,11H,6,8,15H2,1H3,(H,16,19). The zero-order valence-corrected chi connectivity index (χ0v) is 11.2. The van der Waals surface area contributed by atoms with Gasteiger partial charge in [-0.3, -0.25) is 9.48 Å². The number of nitrogens with two attached hydrogens (primary N) is 1. The Morgan fingerprint density at radius 3 is 3.10 bits per heavy atom. The number of nitrogen functional groups attached to an aromatic ring is 1. The molecule has 2 aromatic rings. The first-order valence-electron chi connectivity index (χ1n) is 6.42. The Labute approximate surface area is 116 Å². The molecule has 0 spiro atoms. The topological polar surface area (TPSA) is 82.2 Å². The number of hydrogen-bond donors (Lipinski definition) is 2. The van der Waals surface area contributed by atoms with Crippen molar-refractivity contribution in [1.82, 2.24) is 15.1 Å². The molecule has 2 heterocycles. The van der Waals surface area contributed by atoms with E-state index in [2.05, 4.69) is 10.4 Å². The van der Waals surface area contributed by atoms with Crippen molar-refractivity contribution in [2.75, 3.05) is 12.3 Å². The number of rotatable bonds is 3. The average molecular weight is 272 g/mol. The molecule has 1 aliphatic rings. The first-order chi connectivity index (χ1) is 9.66. The number of carbonyl (C=O) groups is 1. The van der Waals surface area contributed by atoms with Crippen molar-refractivity contribution in [2.24, 2.45) is 7.05 Å². The number of aryl methyl sites for hydroxylation is 1. The zero-order chi connectivity index (χ0) is 14.1. The molecule has 0 fully saturated rings. The van der Waals surface area contributed by atoms with Crippen LogP contribution in [0.1, 0.15) is 17.0 Å². The van der Waals surface area contributed by atoms with Crippen molar-refractivity contribution < 1.29 is 9.53 Å². The van der Waals surface area contributed by atoms with E-state index in [0.29, 0.717) is 19.0 Å². The molecule has 0 aliphatic carbocycles. The second-order valence-corrected chi connectivity index (χ2v) is 4.80. The van der Waals surface area contributed by atoms with Crippen molar-refractivity contribution in [1.29, 1.82) is 0 Å². The highest BCUT2D eigenvalue weighted by atomic mass is 16.5. The van der Waals surface area contributed by atoms with Crippen LogP contribution in [0, 0.1) is 0 Å². The molecule has 1 aromatic heterocycles. The Hall–Kier alpha value is -2.50. The lowest BCUT2D eigenvalue weighted by Crippen LogP contribution is -2.29. The van der Waals surface area contributed by atoms with Crippen LogP contribution in [0.15, 0.2) is 30.5 Å². The highest BCUT2D eigenvalue weighted by molar-refractivity contribution is 5.85. The molecular weight excluding hydrogens is 256 g/mol. The number of fused-ring (bicyclic) bond motifs is 1. The van der Waals surface area contributed by atoms with Crippen LogP contribution in [0.4, 0.5) is 5.82 Å². The van der Waals surface area contributed by atoms with Gasteiger partial charge >= 0.3 is 0 Å². The smallest absolute Gasteiger partial charge is 0.231 e. The van der Waals surface area contributed by atoms with Gasteiger partial charge in [-0.1, -0.05) is 18.2 Å². The maximum atomic E-state index is 12.2. The van der Waals surface area contributed by atoms with Gasteiger partial charge in [0.25, 0.3) is 0 Å². The molecule has 104 valence electrons. The molecule has 0 radical (unpaired) electrons. The van der Waals surface area contributed by atoms with Crippen LogP contribution in [0.2, 0.25) is 0 Å². The predicted molar refractivity (Wildman–Crippen MR) is 74.1 cm³/mol. The van der Waals surface area contributed by atoms with Crippen LogP contribution in [-0.4, -0.2) is 22.3 Å². The van der Waals surface area contributed by atoms with Crippen LogP contribution in [0.5, 0.6) is 5.75 Å². The van der Waals surface area contributed by atoms with Gasteiger partial charge in [0.15, 0.2) is 0 Å². The number of ether oxygens (including phenoxy) is 1. The van der Waals surface area contributed by atoms with Crippen LogP contribution in [0.3, 0.4) is 0 Å². The molecule has 1 aromatic carbocycles. The van der Waals surface area contributed by atoms with E-state index in [0.717, 1.165) is 16.9 Å². The Balaban J connectivity index is 1.68. The molecular formula is C14H16N4O2. The third-order valence-corrected chi connectivity index (χ3v) is 3.53. The molecule has 1 atom stereocenters. The maximum Gasteiger partial charge on any atom is 0.231 e. The Bertz CT molecular complexity index is 650. The maximum absolute atomic E-state index is 12.2. The monoisotopic (exact) mass is 272 g/mol. The molecule has 3 N–H and O–H groups in total. The number of nitrogens with zero attached hydrogens (tertiary/aromatic N) is 2. The first-order valence-corrected chi connectivity index (χ1v) is 6.42. The predicted octanol–water partition coefficient (Wildman–Crippen LogP) is 0.795. The van der Waals surface area contributed by atoms with Crippen molar-refractivity contribution >= 4 is 11.7 Å². The molecule has 0 saturated heterocycles. The number of benzene rings is 1. The summed E-state index contributed by atoms with van der Waals surface area (Å²) in [7, 11) is 1.77. The van der Waals surface area contributed by atoms with Gasteiger partial charge in [-0.25, -0.2) is 0 Å². The lowest BCUT2D eigenvalue weighted by Gasteiger charge is -2.10. The van der Waals surface area contributed by atoms with E-state index in [4.69, 9.17) is 10.5 Å². The van der Waals surface area contributed by atoms with Crippen LogP contribution in [0.25, 0.3) is 0 Å². The number of para-hydroxylation sites is 1. The lowest BCUT2D eigenvalue weighted by molar-refractivity contribution is -0.122. The van der Waals surface area contributed by atoms with E-state index in [1.807, 2.05) is 24.3 Å².